The van der Waals surface area contributed by atoms with Crippen molar-refractivity contribution in [1.82, 2.24) is 9.88 Å². The van der Waals surface area contributed by atoms with Crippen molar-refractivity contribution in [2.75, 3.05) is 6.54 Å². The Labute approximate surface area is 146 Å². The number of hydrogen-bond acceptors (Lipinski definition) is 3. The second-order valence-electron chi connectivity index (χ2n) is 6.06. The molecule has 6 nitrogen and oxygen atoms in total. The number of nitrogens with zero attached hydrogens (tertiary/aromatic N) is 1. The average Bonchev–Trinajstić information content (AvgIpc) is 2.54. The van der Waals surface area contributed by atoms with Crippen LogP contribution in [0.1, 0.15) is 30.1 Å². The molecule has 1 amide bonds. The van der Waals surface area contributed by atoms with Crippen LogP contribution in [0.15, 0.2) is 33.5 Å². The van der Waals surface area contributed by atoms with E-state index in [1.807, 2.05) is 0 Å². The maximum Gasteiger partial charge on any atom is 0.308 e. The van der Waals surface area contributed by atoms with E-state index in [0.29, 0.717) is 35.9 Å². The Hall–Kier alpha value is -2.15. The summed E-state index contributed by atoms with van der Waals surface area (Å²) in [6.45, 7) is 2.24. The van der Waals surface area contributed by atoms with E-state index in [4.69, 9.17) is 0 Å². The molecule has 1 aliphatic heterocycles. The van der Waals surface area contributed by atoms with Crippen molar-refractivity contribution in [2.45, 2.75) is 25.8 Å². The van der Waals surface area contributed by atoms with Crippen molar-refractivity contribution in [3.63, 3.8) is 0 Å². The lowest BCUT2D eigenvalue weighted by molar-refractivity contribution is -0.144. The highest BCUT2D eigenvalue weighted by Crippen LogP contribution is 2.27. The molecule has 126 valence electrons. The smallest absolute Gasteiger partial charge is 0.308 e. The number of pyridine rings is 1. The monoisotopic (exact) mass is 392 g/mol. The minimum absolute atomic E-state index is 0.299. The zero-order valence-corrected chi connectivity index (χ0v) is 14.7. The van der Waals surface area contributed by atoms with Crippen LogP contribution in [0.3, 0.4) is 0 Å². The number of carboxylic acids is 1. The molecule has 0 aliphatic carbocycles. The first kappa shape index (κ1) is 16.7. The summed E-state index contributed by atoms with van der Waals surface area (Å²) in [5.41, 5.74) is 0.522. The van der Waals surface area contributed by atoms with E-state index in [1.54, 1.807) is 30.0 Å². The van der Waals surface area contributed by atoms with Gasteiger partial charge < -0.3 is 15.0 Å². The van der Waals surface area contributed by atoms with E-state index in [0.717, 1.165) is 4.47 Å². The van der Waals surface area contributed by atoms with Crippen LogP contribution >= 0.6 is 15.9 Å². The number of aromatic nitrogens is 1. The van der Waals surface area contributed by atoms with Gasteiger partial charge in [-0.2, -0.15) is 0 Å². The van der Waals surface area contributed by atoms with Crippen LogP contribution in [0.2, 0.25) is 0 Å². The predicted octanol–water partition coefficient (Wildman–Crippen LogP) is 2.62. The molecule has 3 rings (SSSR count). The SMILES string of the molecule is C[C@@H]1[C@H](C(=O)O)CCCN1C(=O)c1cc(=O)[nH]c2ccc(Br)cc12. The van der Waals surface area contributed by atoms with Crippen LogP contribution in [0.4, 0.5) is 0 Å². The van der Waals surface area contributed by atoms with Gasteiger partial charge in [-0.15, -0.1) is 0 Å². The number of hydrogen-bond donors (Lipinski definition) is 2. The van der Waals surface area contributed by atoms with Gasteiger partial charge in [0.25, 0.3) is 5.91 Å². The Balaban J connectivity index is 2.06. The van der Waals surface area contributed by atoms with Gasteiger partial charge in [0.1, 0.15) is 0 Å². The van der Waals surface area contributed by atoms with E-state index in [1.165, 1.54) is 6.07 Å². The van der Waals surface area contributed by atoms with Crippen molar-refractivity contribution < 1.29 is 14.7 Å². The molecule has 1 aromatic heterocycles. The number of benzene rings is 1. The van der Waals surface area contributed by atoms with Crippen molar-refractivity contribution in [1.29, 1.82) is 0 Å². The molecule has 0 saturated carbocycles. The number of aliphatic carboxylic acids is 1. The van der Waals surface area contributed by atoms with Crippen molar-refractivity contribution >= 4 is 38.7 Å². The number of piperidine rings is 1. The van der Waals surface area contributed by atoms with Gasteiger partial charge in [-0.25, -0.2) is 0 Å². The molecule has 1 fully saturated rings. The summed E-state index contributed by atoms with van der Waals surface area (Å²) in [6, 6.07) is 6.18. The topological polar surface area (TPSA) is 90.5 Å². The number of rotatable bonds is 2. The van der Waals surface area contributed by atoms with Gasteiger partial charge in [-0.05, 0) is 38.0 Å². The third kappa shape index (κ3) is 2.96. The summed E-state index contributed by atoms with van der Waals surface area (Å²) in [5, 5.41) is 9.97. The number of aromatic amines is 1. The van der Waals surface area contributed by atoms with Gasteiger partial charge in [0.15, 0.2) is 0 Å². The van der Waals surface area contributed by atoms with Crippen molar-refractivity contribution in [3.05, 3.63) is 44.7 Å². The molecule has 2 aromatic rings. The van der Waals surface area contributed by atoms with Crippen LogP contribution in [0.25, 0.3) is 10.9 Å². The van der Waals surface area contributed by atoms with Crippen molar-refractivity contribution in [2.24, 2.45) is 5.92 Å². The highest BCUT2D eigenvalue weighted by Gasteiger charge is 2.36. The maximum atomic E-state index is 13.0. The summed E-state index contributed by atoms with van der Waals surface area (Å²) in [4.78, 5) is 40.6. The maximum absolute atomic E-state index is 13.0. The first-order valence-electron chi connectivity index (χ1n) is 7.75. The van der Waals surface area contributed by atoms with Gasteiger partial charge in [0, 0.05) is 34.0 Å². The number of likely N-dealkylation sites (tertiary alicyclic amines) is 1. The van der Waals surface area contributed by atoms with E-state index in [2.05, 4.69) is 20.9 Å². The Bertz CT molecular complexity index is 877. The minimum Gasteiger partial charge on any atom is -0.481 e. The fourth-order valence-electron chi connectivity index (χ4n) is 3.32. The summed E-state index contributed by atoms with van der Waals surface area (Å²) in [5.74, 6) is -1.77. The van der Waals surface area contributed by atoms with Crippen LogP contribution in [-0.4, -0.2) is 39.5 Å². The molecule has 0 unspecified atom stereocenters. The highest BCUT2D eigenvalue weighted by atomic mass is 79.9. The third-order valence-electron chi connectivity index (χ3n) is 4.60. The van der Waals surface area contributed by atoms with E-state index >= 15 is 0 Å². The van der Waals surface area contributed by atoms with Gasteiger partial charge in [0.05, 0.1) is 11.5 Å². The lowest BCUT2D eigenvalue weighted by Gasteiger charge is -2.37. The molecule has 1 aliphatic rings. The molecule has 2 N–H and O–H groups in total. The second kappa shape index (κ2) is 6.39. The number of H-pyrrole nitrogens is 1. The Kier molecular flexibility index (Phi) is 4.45. The fourth-order valence-corrected chi connectivity index (χ4v) is 3.68. The molecule has 0 spiro atoms. The van der Waals surface area contributed by atoms with E-state index in [9.17, 15) is 19.5 Å². The molecular formula is C17H17BrN2O4. The Morgan fingerprint density at radius 1 is 1.33 bits per heavy atom. The largest absolute Gasteiger partial charge is 0.481 e. The summed E-state index contributed by atoms with van der Waals surface area (Å²) < 4.78 is 0.797. The van der Waals surface area contributed by atoms with Gasteiger partial charge in [-0.3, -0.25) is 14.4 Å². The van der Waals surface area contributed by atoms with E-state index in [-0.39, 0.29) is 11.5 Å². The predicted molar refractivity (Wildman–Crippen MR) is 93.1 cm³/mol. The number of halogens is 1. The molecule has 1 saturated heterocycles. The zero-order chi connectivity index (χ0) is 17.4. The fraction of sp³-hybridized carbons (Fsp3) is 0.353. The summed E-state index contributed by atoms with van der Waals surface area (Å²) in [7, 11) is 0. The molecule has 2 heterocycles. The molecular weight excluding hydrogens is 376 g/mol. The zero-order valence-electron chi connectivity index (χ0n) is 13.1. The lowest BCUT2D eigenvalue weighted by atomic mass is 9.89. The van der Waals surface area contributed by atoms with Gasteiger partial charge >= 0.3 is 5.97 Å². The molecule has 24 heavy (non-hydrogen) atoms. The molecule has 1 aromatic carbocycles. The third-order valence-corrected chi connectivity index (χ3v) is 5.09. The van der Waals surface area contributed by atoms with Crippen molar-refractivity contribution in [3.8, 4) is 0 Å². The van der Waals surface area contributed by atoms with Crippen LogP contribution in [-0.2, 0) is 4.79 Å². The molecule has 2 atom stereocenters. The summed E-state index contributed by atoms with van der Waals surface area (Å²) >= 11 is 3.38. The van der Waals surface area contributed by atoms with E-state index < -0.39 is 17.9 Å². The van der Waals surface area contributed by atoms with Crippen LogP contribution in [0.5, 0.6) is 0 Å². The normalized spacial score (nSPS) is 21.0. The van der Waals surface area contributed by atoms with Crippen LogP contribution in [0, 0.1) is 5.92 Å². The highest BCUT2D eigenvalue weighted by molar-refractivity contribution is 9.10. The number of carbonyl (C=O) groups is 2. The average molecular weight is 393 g/mol. The standard InChI is InChI=1S/C17H17BrN2O4/c1-9-11(17(23)24)3-2-6-20(9)16(22)13-8-15(21)19-14-5-4-10(18)7-12(13)14/h4-5,7-9,11H,2-3,6H2,1H3,(H,19,21)(H,23,24)/t9-,11-/m1/s1. The van der Waals surface area contributed by atoms with Gasteiger partial charge in [-0.1, -0.05) is 15.9 Å². The summed E-state index contributed by atoms with van der Waals surface area (Å²) in [6.07, 6.45) is 1.19. The first-order chi connectivity index (χ1) is 11.4. The Morgan fingerprint density at radius 2 is 2.08 bits per heavy atom. The molecule has 0 radical (unpaired) electrons. The lowest BCUT2D eigenvalue weighted by Crippen LogP contribution is -2.49. The van der Waals surface area contributed by atoms with Crippen LogP contribution < -0.4 is 5.56 Å². The Morgan fingerprint density at radius 3 is 2.79 bits per heavy atom. The van der Waals surface area contributed by atoms with Gasteiger partial charge in [0.2, 0.25) is 5.56 Å². The minimum atomic E-state index is -0.890. The second-order valence-corrected chi connectivity index (χ2v) is 6.98. The number of carboxylic acid groups (broad SMARTS) is 1. The number of amides is 1. The number of fused-ring (bicyclic) bond motifs is 1. The number of carbonyl (C=O) groups excluding carboxylic acids is 1. The quantitative estimate of drug-likeness (QED) is 0.821. The first-order valence-corrected chi connectivity index (χ1v) is 8.54. The molecule has 7 heteroatoms. The number of nitrogens with one attached hydrogen (secondary N) is 1. The molecule has 0 bridgehead atoms.